The third-order valence-electron chi connectivity index (χ3n) is 3.17. The average Bonchev–Trinajstić information content (AvgIpc) is 3.19. The van der Waals surface area contributed by atoms with Crippen LogP contribution in [0.1, 0.15) is 35.7 Å². The zero-order valence-corrected chi connectivity index (χ0v) is 11.1. The largest absolute Gasteiger partial charge is 0.462 e. The molecule has 0 saturated heterocycles. The molecule has 110 valence electrons. The Morgan fingerprint density at radius 2 is 2.00 bits per heavy atom. The van der Waals surface area contributed by atoms with E-state index in [1.54, 1.807) is 19.1 Å². The smallest absolute Gasteiger partial charge is 0.460 e. The molecule has 20 heavy (non-hydrogen) atoms. The predicted octanol–water partition coefficient (Wildman–Crippen LogP) is 3.35. The monoisotopic (exact) mass is 287 g/mol. The van der Waals surface area contributed by atoms with Gasteiger partial charge in [-0.25, -0.2) is 9.69 Å². The summed E-state index contributed by atoms with van der Waals surface area (Å²) in [6.07, 6.45) is -3.30. The number of carbonyl (C=O) groups is 1. The maximum absolute atomic E-state index is 13.0. The van der Waals surface area contributed by atoms with Crippen molar-refractivity contribution in [3.8, 4) is 0 Å². The van der Waals surface area contributed by atoms with Gasteiger partial charge in [0, 0.05) is 12.6 Å². The number of rotatable bonds is 5. The lowest BCUT2D eigenvalue weighted by Gasteiger charge is -2.25. The molecule has 0 atom stereocenters. The van der Waals surface area contributed by atoms with Gasteiger partial charge in [0.1, 0.15) is 0 Å². The SMILES string of the molecule is CCOC(=O)c1ccccc1CN(C1CC1)C(F)(F)F. The summed E-state index contributed by atoms with van der Waals surface area (Å²) < 4.78 is 43.8. The summed E-state index contributed by atoms with van der Waals surface area (Å²) in [7, 11) is 0. The van der Waals surface area contributed by atoms with Crippen molar-refractivity contribution >= 4 is 5.97 Å². The van der Waals surface area contributed by atoms with Gasteiger partial charge < -0.3 is 4.74 Å². The van der Waals surface area contributed by atoms with E-state index < -0.39 is 18.3 Å². The van der Waals surface area contributed by atoms with E-state index in [1.165, 1.54) is 12.1 Å². The van der Waals surface area contributed by atoms with Gasteiger partial charge in [-0.15, -0.1) is 0 Å². The van der Waals surface area contributed by atoms with Crippen LogP contribution in [0, 0.1) is 0 Å². The predicted molar refractivity (Wildman–Crippen MR) is 67.0 cm³/mol. The average molecular weight is 287 g/mol. The number of ether oxygens (including phenoxy) is 1. The molecule has 3 nitrogen and oxygen atoms in total. The Morgan fingerprint density at radius 1 is 1.35 bits per heavy atom. The molecule has 0 N–H and O–H groups in total. The first kappa shape index (κ1) is 14.8. The summed E-state index contributed by atoms with van der Waals surface area (Å²) in [5, 5.41) is 0. The van der Waals surface area contributed by atoms with Crippen LogP contribution in [0.5, 0.6) is 0 Å². The van der Waals surface area contributed by atoms with Crippen LogP contribution < -0.4 is 0 Å². The standard InChI is InChI=1S/C14H16F3NO2/c1-2-20-13(19)12-6-4-3-5-10(12)9-18(11-7-8-11)14(15,16)17/h3-6,11H,2,7-9H2,1H3. The first-order valence-electron chi connectivity index (χ1n) is 6.52. The molecule has 0 amide bonds. The zero-order chi connectivity index (χ0) is 14.8. The summed E-state index contributed by atoms with van der Waals surface area (Å²) in [6, 6.07) is 5.80. The van der Waals surface area contributed by atoms with Gasteiger partial charge in [0.2, 0.25) is 0 Å². The van der Waals surface area contributed by atoms with Crippen molar-refractivity contribution in [2.75, 3.05) is 6.61 Å². The van der Waals surface area contributed by atoms with E-state index in [4.69, 9.17) is 4.74 Å². The quantitative estimate of drug-likeness (QED) is 0.614. The number of alkyl halides is 3. The molecule has 2 rings (SSSR count). The minimum Gasteiger partial charge on any atom is -0.462 e. The van der Waals surface area contributed by atoms with E-state index in [0.717, 1.165) is 0 Å². The molecular formula is C14H16F3NO2. The van der Waals surface area contributed by atoms with Crippen LogP contribution in [0.4, 0.5) is 13.2 Å². The Labute approximate surface area is 115 Å². The van der Waals surface area contributed by atoms with Crippen molar-refractivity contribution in [2.45, 2.75) is 38.7 Å². The van der Waals surface area contributed by atoms with Gasteiger partial charge in [0.25, 0.3) is 0 Å². The first-order chi connectivity index (χ1) is 9.43. The lowest BCUT2D eigenvalue weighted by molar-refractivity contribution is -0.253. The van der Waals surface area contributed by atoms with Crippen LogP contribution in [-0.2, 0) is 11.3 Å². The molecule has 0 radical (unpaired) electrons. The molecule has 1 aromatic rings. The van der Waals surface area contributed by atoms with Gasteiger partial charge in [-0.2, -0.15) is 13.2 Å². The number of carbonyl (C=O) groups excluding carboxylic acids is 1. The van der Waals surface area contributed by atoms with Crippen LogP contribution in [0.15, 0.2) is 24.3 Å². The highest BCUT2D eigenvalue weighted by Crippen LogP contribution is 2.37. The summed E-state index contributed by atoms with van der Waals surface area (Å²) in [4.78, 5) is 12.3. The van der Waals surface area contributed by atoms with E-state index in [0.29, 0.717) is 23.3 Å². The first-order valence-corrected chi connectivity index (χ1v) is 6.52. The van der Waals surface area contributed by atoms with Crippen molar-refractivity contribution in [1.82, 2.24) is 4.90 Å². The molecule has 0 heterocycles. The fourth-order valence-corrected chi connectivity index (χ4v) is 2.06. The second-order valence-electron chi connectivity index (χ2n) is 4.70. The number of hydrogen-bond donors (Lipinski definition) is 0. The Balaban J connectivity index is 2.21. The Morgan fingerprint density at radius 3 is 2.55 bits per heavy atom. The molecule has 6 heteroatoms. The number of nitrogens with zero attached hydrogens (tertiary/aromatic N) is 1. The number of benzene rings is 1. The van der Waals surface area contributed by atoms with E-state index in [2.05, 4.69) is 0 Å². The van der Waals surface area contributed by atoms with Crippen molar-refractivity contribution in [1.29, 1.82) is 0 Å². The fraction of sp³-hybridized carbons (Fsp3) is 0.500. The molecule has 1 aliphatic rings. The maximum atomic E-state index is 13.0. The normalized spacial score (nSPS) is 15.4. The van der Waals surface area contributed by atoms with Gasteiger partial charge in [-0.1, -0.05) is 18.2 Å². The number of halogens is 3. The molecule has 0 aliphatic heterocycles. The highest BCUT2D eigenvalue weighted by Gasteiger charge is 2.46. The third-order valence-corrected chi connectivity index (χ3v) is 3.17. The van der Waals surface area contributed by atoms with Crippen molar-refractivity contribution in [2.24, 2.45) is 0 Å². The Bertz CT molecular complexity index is 484. The molecule has 0 aromatic heterocycles. The third kappa shape index (κ3) is 3.50. The number of esters is 1. The molecule has 1 fully saturated rings. The lowest BCUT2D eigenvalue weighted by atomic mass is 10.1. The van der Waals surface area contributed by atoms with Crippen molar-refractivity contribution in [3.05, 3.63) is 35.4 Å². The minimum atomic E-state index is -4.39. The molecule has 0 unspecified atom stereocenters. The molecule has 0 bridgehead atoms. The van der Waals surface area contributed by atoms with Crippen LogP contribution in [0.25, 0.3) is 0 Å². The van der Waals surface area contributed by atoms with Gasteiger partial charge in [-0.3, -0.25) is 0 Å². The topological polar surface area (TPSA) is 29.5 Å². The van der Waals surface area contributed by atoms with Gasteiger partial charge >= 0.3 is 12.3 Å². The number of hydrogen-bond acceptors (Lipinski definition) is 3. The Kier molecular flexibility index (Phi) is 4.32. The van der Waals surface area contributed by atoms with Gasteiger partial charge in [0.15, 0.2) is 0 Å². The van der Waals surface area contributed by atoms with Crippen LogP contribution in [0.3, 0.4) is 0 Å². The molecule has 0 spiro atoms. The highest BCUT2D eigenvalue weighted by molar-refractivity contribution is 5.91. The van der Waals surface area contributed by atoms with E-state index in [9.17, 15) is 18.0 Å². The summed E-state index contributed by atoms with van der Waals surface area (Å²) in [6.45, 7) is 1.54. The van der Waals surface area contributed by atoms with Gasteiger partial charge in [0.05, 0.1) is 12.2 Å². The van der Waals surface area contributed by atoms with Gasteiger partial charge in [-0.05, 0) is 31.4 Å². The Hall–Kier alpha value is -1.56. The molecule has 1 aliphatic carbocycles. The van der Waals surface area contributed by atoms with Crippen molar-refractivity contribution in [3.63, 3.8) is 0 Å². The molecule has 1 aromatic carbocycles. The lowest BCUT2D eigenvalue weighted by Crippen LogP contribution is -2.39. The van der Waals surface area contributed by atoms with Crippen LogP contribution in [0.2, 0.25) is 0 Å². The zero-order valence-electron chi connectivity index (χ0n) is 11.1. The molecule has 1 saturated carbocycles. The van der Waals surface area contributed by atoms with Crippen LogP contribution >= 0.6 is 0 Å². The minimum absolute atomic E-state index is 0.193. The summed E-state index contributed by atoms with van der Waals surface area (Å²) in [5.74, 6) is -0.582. The maximum Gasteiger partial charge on any atom is 0.460 e. The highest BCUT2D eigenvalue weighted by atomic mass is 19.4. The molecular weight excluding hydrogens is 271 g/mol. The second kappa shape index (κ2) is 5.83. The fourth-order valence-electron chi connectivity index (χ4n) is 2.06. The van der Waals surface area contributed by atoms with E-state index in [-0.39, 0.29) is 18.7 Å². The van der Waals surface area contributed by atoms with Crippen molar-refractivity contribution < 1.29 is 22.7 Å². The van der Waals surface area contributed by atoms with E-state index >= 15 is 0 Å². The summed E-state index contributed by atoms with van der Waals surface area (Å²) in [5.41, 5.74) is 0.541. The second-order valence-corrected chi connectivity index (χ2v) is 4.70. The summed E-state index contributed by atoms with van der Waals surface area (Å²) >= 11 is 0. The van der Waals surface area contributed by atoms with Crippen LogP contribution in [-0.4, -0.2) is 29.8 Å². The van der Waals surface area contributed by atoms with E-state index in [1.807, 2.05) is 0 Å².